The minimum absolute atomic E-state index is 0.163. The van der Waals surface area contributed by atoms with Crippen molar-refractivity contribution in [3.8, 4) is 10.8 Å². The summed E-state index contributed by atoms with van der Waals surface area (Å²) in [6.07, 6.45) is 0.796. The Balaban J connectivity index is 2.27. The maximum Gasteiger partial charge on any atom is 0.268 e. The van der Waals surface area contributed by atoms with Crippen molar-refractivity contribution < 1.29 is 4.52 Å². The molecule has 1 unspecified atom stereocenters. The Kier molecular flexibility index (Phi) is 3.07. The molecule has 15 heavy (non-hydrogen) atoms. The van der Waals surface area contributed by atoms with Gasteiger partial charge in [-0.2, -0.15) is 4.98 Å². The van der Waals surface area contributed by atoms with Crippen molar-refractivity contribution in [2.24, 2.45) is 0 Å². The highest BCUT2D eigenvalue weighted by molar-refractivity contribution is 7.15. The number of hydrogen-bond acceptors (Lipinski definition) is 4. The van der Waals surface area contributed by atoms with E-state index in [-0.39, 0.29) is 5.38 Å². The fourth-order valence-corrected chi connectivity index (χ4v) is 2.07. The monoisotopic (exact) mass is 242 g/mol. The smallest absolute Gasteiger partial charge is 0.268 e. The van der Waals surface area contributed by atoms with Crippen molar-refractivity contribution in [1.29, 1.82) is 0 Å². The largest absolute Gasteiger partial charge is 0.333 e. The zero-order valence-electron chi connectivity index (χ0n) is 8.53. The van der Waals surface area contributed by atoms with Crippen LogP contribution in [-0.4, -0.2) is 10.1 Å². The van der Waals surface area contributed by atoms with Gasteiger partial charge in [-0.05, 0) is 25.5 Å². The van der Waals surface area contributed by atoms with Gasteiger partial charge in [0, 0.05) is 4.88 Å². The van der Waals surface area contributed by atoms with Crippen LogP contribution >= 0.6 is 22.9 Å². The first-order valence-corrected chi connectivity index (χ1v) is 6.00. The van der Waals surface area contributed by atoms with Gasteiger partial charge in [-0.25, -0.2) is 0 Å². The van der Waals surface area contributed by atoms with E-state index in [4.69, 9.17) is 16.1 Å². The van der Waals surface area contributed by atoms with E-state index in [0.29, 0.717) is 11.7 Å². The molecule has 2 rings (SSSR count). The molecule has 2 aromatic heterocycles. The van der Waals surface area contributed by atoms with E-state index in [9.17, 15) is 0 Å². The topological polar surface area (TPSA) is 38.9 Å². The molecular weight excluding hydrogens is 232 g/mol. The molecule has 0 amide bonds. The molecule has 0 N–H and O–H groups in total. The molecule has 0 bridgehead atoms. The molecule has 0 aliphatic carbocycles. The van der Waals surface area contributed by atoms with Gasteiger partial charge < -0.3 is 4.52 Å². The first kappa shape index (κ1) is 10.6. The van der Waals surface area contributed by atoms with Gasteiger partial charge in [0.15, 0.2) is 5.82 Å². The fraction of sp³-hybridized carbons (Fsp3) is 0.400. The van der Waals surface area contributed by atoms with Crippen LogP contribution in [0.5, 0.6) is 0 Å². The molecule has 5 heteroatoms. The number of rotatable bonds is 3. The molecule has 0 radical (unpaired) electrons. The summed E-state index contributed by atoms with van der Waals surface area (Å²) in [4.78, 5) is 6.48. The van der Waals surface area contributed by atoms with Crippen LogP contribution in [0.3, 0.4) is 0 Å². The van der Waals surface area contributed by atoms with E-state index in [1.165, 1.54) is 4.88 Å². The van der Waals surface area contributed by atoms with Crippen LogP contribution in [-0.2, 0) is 0 Å². The summed E-state index contributed by atoms with van der Waals surface area (Å²) in [7, 11) is 0. The number of alkyl halides is 1. The predicted molar refractivity (Wildman–Crippen MR) is 61.2 cm³/mol. The van der Waals surface area contributed by atoms with E-state index in [0.717, 1.165) is 11.3 Å². The van der Waals surface area contributed by atoms with Crippen LogP contribution in [0.25, 0.3) is 10.8 Å². The van der Waals surface area contributed by atoms with Crippen molar-refractivity contribution in [3.05, 3.63) is 22.8 Å². The predicted octanol–water partition coefficient (Wildman–Crippen LogP) is 3.80. The Hall–Kier alpha value is -0.870. The van der Waals surface area contributed by atoms with Crippen molar-refractivity contribution >= 4 is 22.9 Å². The van der Waals surface area contributed by atoms with E-state index < -0.39 is 0 Å². The average Bonchev–Trinajstić information content (AvgIpc) is 2.84. The second kappa shape index (κ2) is 4.33. The first-order valence-electron chi connectivity index (χ1n) is 4.75. The van der Waals surface area contributed by atoms with Gasteiger partial charge in [-0.1, -0.05) is 12.1 Å². The van der Waals surface area contributed by atoms with E-state index in [2.05, 4.69) is 10.1 Å². The van der Waals surface area contributed by atoms with Gasteiger partial charge >= 0.3 is 0 Å². The normalized spacial score (nSPS) is 13.0. The lowest BCUT2D eigenvalue weighted by Gasteiger charge is -1.95. The number of nitrogens with zero attached hydrogens (tertiary/aromatic N) is 2. The average molecular weight is 243 g/mol. The Morgan fingerprint density at radius 1 is 1.53 bits per heavy atom. The number of thiophene rings is 1. The number of aryl methyl sites for hydroxylation is 1. The Morgan fingerprint density at radius 2 is 2.33 bits per heavy atom. The summed E-state index contributed by atoms with van der Waals surface area (Å²) in [6, 6.07) is 4.01. The van der Waals surface area contributed by atoms with Crippen LogP contribution in [0.15, 0.2) is 16.7 Å². The van der Waals surface area contributed by atoms with Gasteiger partial charge in [0.2, 0.25) is 0 Å². The molecule has 0 aliphatic heterocycles. The third-order valence-electron chi connectivity index (χ3n) is 2.03. The first-order chi connectivity index (χ1) is 7.20. The molecule has 80 valence electrons. The molecule has 2 heterocycles. The summed E-state index contributed by atoms with van der Waals surface area (Å²) in [5, 5.41) is 3.70. The number of aromatic nitrogens is 2. The lowest BCUT2D eigenvalue weighted by atomic mass is 10.3. The molecule has 2 aromatic rings. The Bertz CT molecular complexity index is 452. The highest BCUT2D eigenvalue weighted by atomic mass is 35.5. The van der Waals surface area contributed by atoms with Gasteiger partial charge in [0.05, 0.1) is 10.3 Å². The third-order valence-corrected chi connectivity index (χ3v) is 3.52. The third kappa shape index (κ3) is 2.21. The zero-order chi connectivity index (χ0) is 10.8. The molecule has 0 saturated carbocycles. The molecule has 0 fully saturated rings. The fourth-order valence-electron chi connectivity index (χ4n) is 1.19. The SMILES string of the molecule is CCC(Cl)c1noc(-c2ccc(C)s2)n1. The summed E-state index contributed by atoms with van der Waals surface area (Å²) in [5.74, 6) is 1.13. The molecular formula is C10H11ClN2OS. The molecule has 0 saturated heterocycles. The summed E-state index contributed by atoms with van der Waals surface area (Å²) >= 11 is 7.65. The zero-order valence-corrected chi connectivity index (χ0v) is 10.1. The van der Waals surface area contributed by atoms with Crippen LogP contribution in [0.4, 0.5) is 0 Å². The van der Waals surface area contributed by atoms with Crippen LogP contribution in [0.1, 0.15) is 29.4 Å². The molecule has 1 atom stereocenters. The van der Waals surface area contributed by atoms with Crippen molar-refractivity contribution in [2.75, 3.05) is 0 Å². The lowest BCUT2D eigenvalue weighted by molar-refractivity contribution is 0.422. The van der Waals surface area contributed by atoms with Gasteiger partial charge in [-0.15, -0.1) is 22.9 Å². The van der Waals surface area contributed by atoms with Crippen molar-refractivity contribution in [2.45, 2.75) is 25.6 Å². The second-order valence-corrected chi connectivity index (χ2v) is 5.06. The molecule has 0 aromatic carbocycles. The lowest BCUT2D eigenvalue weighted by Crippen LogP contribution is -1.90. The van der Waals surface area contributed by atoms with Crippen LogP contribution in [0, 0.1) is 6.92 Å². The molecule has 3 nitrogen and oxygen atoms in total. The Morgan fingerprint density at radius 3 is 2.93 bits per heavy atom. The van der Waals surface area contributed by atoms with Gasteiger partial charge in [0.25, 0.3) is 5.89 Å². The Labute approximate surface area is 97.1 Å². The van der Waals surface area contributed by atoms with Crippen LogP contribution in [0.2, 0.25) is 0 Å². The highest BCUT2D eigenvalue weighted by Crippen LogP contribution is 2.28. The summed E-state index contributed by atoms with van der Waals surface area (Å²) in [6.45, 7) is 4.03. The summed E-state index contributed by atoms with van der Waals surface area (Å²) < 4.78 is 5.15. The quantitative estimate of drug-likeness (QED) is 0.769. The minimum Gasteiger partial charge on any atom is -0.333 e. The second-order valence-electron chi connectivity index (χ2n) is 3.24. The highest BCUT2D eigenvalue weighted by Gasteiger charge is 2.15. The van der Waals surface area contributed by atoms with Gasteiger partial charge in [-0.3, -0.25) is 0 Å². The van der Waals surface area contributed by atoms with Gasteiger partial charge in [0.1, 0.15) is 0 Å². The maximum atomic E-state index is 6.02. The standard InChI is InChI=1S/C10H11ClN2OS/c1-3-7(11)9-12-10(14-13-9)8-5-4-6(2)15-8/h4-5,7H,3H2,1-2H3. The van der Waals surface area contributed by atoms with E-state index >= 15 is 0 Å². The minimum atomic E-state index is -0.163. The van der Waals surface area contributed by atoms with Crippen molar-refractivity contribution in [3.63, 3.8) is 0 Å². The summed E-state index contributed by atoms with van der Waals surface area (Å²) in [5.41, 5.74) is 0. The van der Waals surface area contributed by atoms with Crippen LogP contribution < -0.4 is 0 Å². The van der Waals surface area contributed by atoms with E-state index in [1.807, 2.05) is 26.0 Å². The number of hydrogen-bond donors (Lipinski definition) is 0. The maximum absolute atomic E-state index is 6.02. The molecule has 0 aliphatic rings. The number of halogens is 1. The van der Waals surface area contributed by atoms with Crippen molar-refractivity contribution in [1.82, 2.24) is 10.1 Å². The molecule has 0 spiro atoms. The van der Waals surface area contributed by atoms with E-state index in [1.54, 1.807) is 11.3 Å².